The fraction of sp³-hybridized carbons (Fsp3) is 0.900. The molecule has 0 aliphatic carbocycles. The molecule has 90 valence electrons. The van der Waals surface area contributed by atoms with Crippen molar-refractivity contribution in [2.75, 3.05) is 32.1 Å². The van der Waals surface area contributed by atoms with Crippen LogP contribution in [0.25, 0.3) is 0 Å². The lowest BCUT2D eigenvalue weighted by molar-refractivity contribution is -0.125. The molecule has 0 spiro atoms. The van der Waals surface area contributed by atoms with E-state index in [1.807, 2.05) is 25.8 Å². The highest BCUT2D eigenvalue weighted by atomic mass is 32.2. The van der Waals surface area contributed by atoms with Crippen LogP contribution < -0.4 is 0 Å². The zero-order valence-corrected chi connectivity index (χ0v) is 11.0. The number of rotatable bonds is 6. The minimum absolute atomic E-state index is 0.119. The first-order chi connectivity index (χ1) is 6.54. The smallest absolute Gasteiger partial charge is 0.148 e. The second-order valence-corrected chi connectivity index (χ2v) is 7.07. The molecule has 0 heterocycles. The highest BCUT2D eigenvalue weighted by Crippen LogP contribution is 2.17. The van der Waals surface area contributed by atoms with Crippen molar-refractivity contribution in [3.63, 3.8) is 0 Å². The predicted octanol–water partition coefficient (Wildman–Crippen LogP) is 0.578. The third kappa shape index (κ3) is 6.62. The first-order valence-electron chi connectivity index (χ1n) is 4.92. The lowest BCUT2D eigenvalue weighted by atomic mass is 9.88. The highest BCUT2D eigenvalue weighted by molar-refractivity contribution is 7.90. The summed E-state index contributed by atoms with van der Waals surface area (Å²) in [5.74, 6) is 0.256. The number of sulfone groups is 1. The molecule has 15 heavy (non-hydrogen) atoms. The van der Waals surface area contributed by atoms with Gasteiger partial charge in [-0.15, -0.1) is 0 Å². The van der Waals surface area contributed by atoms with Crippen LogP contribution in [-0.2, 0) is 14.6 Å². The summed E-state index contributed by atoms with van der Waals surface area (Å²) < 4.78 is 21.9. The van der Waals surface area contributed by atoms with Gasteiger partial charge in [-0.25, -0.2) is 8.42 Å². The number of carbonyl (C=O) groups is 1. The van der Waals surface area contributed by atoms with Gasteiger partial charge in [-0.2, -0.15) is 0 Å². The second kappa shape index (κ2) is 5.07. The summed E-state index contributed by atoms with van der Waals surface area (Å²) in [6, 6.07) is 0. The Bertz CT molecular complexity index is 320. The first-order valence-corrected chi connectivity index (χ1v) is 6.98. The van der Waals surface area contributed by atoms with Crippen LogP contribution >= 0.6 is 0 Å². The summed E-state index contributed by atoms with van der Waals surface area (Å²) in [6.07, 6.45) is 1.22. The summed E-state index contributed by atoms with van der Waals surface area (Å²) in [5, 5.41) is 0. The topological polar surface area (TPSA) is 54.5 Å². The van der Waals surface area contributed by atoms with Crippen LogP contribution in [0.4, 0.5) is 0 Å². The molecule has 4 nitrogen and oxygen atoms in total. The molecule has 0 aliphatic rings. The number of nitrogens with zero attached hydrogens (tertiary/aromatic N) is 1. The van der Waals surface area contributed by atoms with E-state index in [0.29, 0.717) is 13.1 Å². The molecule has 0 atom stereocenters. The average Bonchev–Trinajstić information content (AvgIpc) is 1.98. The Labute approximate surface area is 92.6 Å². The van der Waals surface area contributed by atoms with Gasteiger partial charge in [0.25, 0.3) is 0 Å². The molecule has 0 aromatic heterocycles. The molecular formula is C10H21NO3S. The maximum Gasteiger partial charge on any atom is 0.148 e. The summed E-state index contributed by atoms with van der Waals surface area (Å²) >= 11 is 0. The second-order valence-electron chi connectivity index (χ2n) is 4.81. The van der Waals surface area contributed by atoms with Crippen molar-refractivity contribution in [1.29, 1.82) is 0 Å². The van der Waals surface area contributed by atoms with E-state index in [-0.39, 0.29) is 11.5 Å². The molecule has 0 N–H and O–H groups in total. The molecule has 0 bridgehead atoms. The third-order valence-electron chi connectivity index (χ3n) is 2.46. The van der Waals surface area contributed by atoms with E-state index in [1.165, 1.54) is 6.26 Å². The molecule has 0 unspecified atom stereocenters. The molecular weight excluding hydrogens is 214 g/mol. The maximum absolute atomic E-state index is 11.3. The van der Waals surface area contributed by atoms with Crippen molar-refractivity contribution in [2.24, 2.45) is 5.41 Å². The van der Waals surface area contributed by atoms with E-state index in [9.17, 15) is 13.2 Å². The molecule has 0 saturated heterocycles. The van der Waals surface area contributed by atoms with Gasteiger partial charge < -0.3 is 4.90 Å². The van der Waals surface area contributed by atoms with Crippen LogP contribution in [0.3, 0.4) is 0 Å². The molecule has 0 aromatic carbocycles. The Kier molecular flexibility index (Phi) is 4.93. The molecule has 0 aliphatic heterocycles. The molecule has 5 heteroatoms. The standard InChI is InChI=1S/C10H21NO3S/c1-9(12)10(2,3)8-11(4)6-7-15(5,13)14/h6-8H2,1-5H3. The van der Waals surface area contributed by atoms with Gasteiger partial charge in [0.1, 0.15) is 15.6 Å². The fourth-order valence-corrected chi connectivity index (χ4v) is 1.83. The predicted molar refractivity (Wildman–Crippen MR) is 61.7 cm³/mol. The van der Waals surface area contributed by atoms with Gasteiger partial charge in [-0.1, -0.05) is 13.8 Å². The Morgan fingerprint density at radius 3 is 2.13 bits per heavy atom. The summed E-state index contributed by atoms with van der Waals surface area (Å²) in [5.41, 5.74) is -0.410. The van der Waals surface area contributed by atoms with Crippen LogP contribution in [0, 0.1) is 5.41 Å². The summed E-state index contributed by atoms with van der Waals surface area (Å²) in [7, 11) is -1.09. The van der Waals surface area contributed by atoms with Gasteiger partial charge in [0.15, 0.2) is 0 Å². The highest BCUT2D eigenvalue weighted by Gasteiger charge is 2.25. The number of hydrogen-bond donors (Lipinski definition) is 0. The van der Waals surface area contributed by atoms with Crippen molar-refractivity contribution in [2.45, 2.75) is 20.8 Å². The third-order valence-corrected chi connectivity index (χ3v) is 3.39. The minimum Gasteiger partial charge on any atom is -0.304 e. The Morgan fingerprint density at radius 2 is 1.80 bits per heavy atom. The Hall–Kier alpha value is -0.420. The van der Waals surface area contributed by atoms with Crippen LogP contribution in [0.5, 0.6) is 0 Å². The first kappa shape index (κ1) is 14.6. The van der Waals surface area contributed by atoms with Crippen molar-refractivity contribution in [1.82, 2.24) is 4.90 Å². The van der Waals surface area contributed by atoms with Crippen LogP contribution in [0.15, 0.2) is 0 Å². The number of ketones is 1. The van der Waals surface area contributed by atoms with E-state index in [2.05, 4.69) is 0 Å². The van der Waals surface area contributed by atoms with Gasteiger partial charge in [-0.3, -0.25) is 4.79 Å². The van der Waals surface area contributed by atoms with Gasteiger partial charge >= 0.3 is 0 Å². The molecule has 0 rings (SSSR count). The minimum atomic E-state index is -2.92. The van der Waals surface area contributed by atoms with Crippen LogP contribution in [0.2, 0.25) is 0 Å². The Morgan fingerprint density at radius 1 is 1.33 bits per heavy atom. The normalized spacial score (nSPS) is 13.2. The van der Waals surface area contributed by atoms with E-state index in [0.717, 1.165) is 0 Å². The fourth-order valence-electron chi connectivity index (χ4n) is 1.19. The van der Waals surface area contributed by atoms with Crippen molar-refractivity contribution in [3.05, 3.63) is 0 Å². The van der Waals surface area contributed by atoms with Gasteiger partial charge in [0.05, 0.1) is 5.75 Å². The Balaban J connectivity index is 4.16. The number of Topliss-reactive ketones (excluding diaryl/α,β-unsaturated/α-hetero) is 1. The summed E-state index contributed by atoms with van der Waals surface area (Å²) in [6.45, 7) is 6.34. The SMILES string of the molecule is CC(=O)C(C)(C)CN(C)CCS(C)(=O)=O. The zero-order valence-electron chi connectivity index (χ0n) is 10.2. The van der Waals surface area contributed by atoms with Crippen molar-refractivity contribution < 1.29 is 13.2 Å². The van der Waals surface area contributed by atoms with E-state index < -0.39 is 15.3 Å². The van der Waals surface area contributed by atoms with Crippen molar-refractivity contribution >= 4 is 15.6 Å². The lowest BCUT2D eigenvalue weighted by Crippen LogP contribution is -2.38. The van der Waals surface area contributed by atoms with E-state index in [1.54, 1.807) is 6.92 Å². The van der Waals surface area contributed by atoms with Crippen LogP contribution in [-0.4, -0.2) is 51.2 Å². The quantitative estimate of drug-likeness (QED) is 0.675. The van der Waals surface area contributed by atoms with E-state index in [4.69, 9.17) is 0 Å². The largest absolute Gasteiger partial charge is 0.304 e. The molecule has 0 fully saturated rings. The molecule has 0 radical (unpaired) electrons. The van der Waals surface area contributed by atoms with Crippen molar-refractivity contribution in [3.8, 4) is 0 Å². The maximum atomic E-state index is 11.3. The number of hydrogen-bond acceptors (Lipinski definition) is 4. The monoisotopic (exact) mass is 235 g/mol. The van der Waals surface area contributed by atoms with E-state index >= 15 is 0 Å². The summed E-state index contributed by atoms with van der Waals surface area (Å²) in [4.78, 5) is 13.1. The van der Waals surface area contributed by atoms with Gasteiger partial charge in [-0.05, 0) is 14.0 Å². The molecule has 0 saturated carbocycles. The zero-order chi connectivity index (χ0) is 12.3. The van der Waals surface area contributed by atoms with Gasteiger partial charge in [0, 0.05) is 24.8 Å². The van der Waals surface area contributed by atoms with Gasteiger partial charge in [0.2, 0.25) is 0 Å². The molecule has 0 aromatic rings. The van der Waals surface area contributed by atoms with Crippen LogP contribution in [0.1, 0.15) is 20.8 Å². The molecule has 0 amide bonds. The average molecular weight is 235 g/mol. The lowest BCUT2D eigenvalue weighted by Gasteiger charge is -2.27. The number of carbonyl (C=O) groups excluding carboxylic acids is 1.